The molecule has 0 aliphatic carbocycles. The molecule has 1 aromatic carbocycles. The molecular weight excluding hydrogens is 188 g/mol. The fourth-order valence-corrected chi connectivity index (χ4v) is 1.80. The summed E-state index contributed by atoms with van der Waals surface area (Å²) in [5.74, 6) is 0. The Bertz CT molecular complexity index is 389. The summed E-state index contributed by atoms with van der Waals surface area (Å²) in [4.78, 5) is 2.22. The predicted octanol–water partition coefficient (Wildman–Crippen LogP) is 1.70. The van der Waals surface area contributed by atoms with Crippen molar-refractivity contribution >= 4 is 5.69 Å². The quantitative estimate of drug-likeness (QED) is 0.695. The lowest BCUT2D eigenvalue weighted by Crippen LogP contribution is -2.36. The van der Waals surface area contributed by atoms with Gasteiger partial charge in [0.1, 0.15) is 6.07 Å². The van der Waals surface area contributed by atoms with E-state index in [1.807, 2.05) is 19.1 Å². The van der Waals surface area contributed by atoms with E-state index in [1.54, 1.807) is 0 Å². The van der Waals surface area contributed by atoms with Crippen LogP contribution >= 0.6 is 0 Å². The van der Waals surface area contributed by atoms with Crippen LogP contribution < -0.4 is 4.90 Å². The van der Waals surface area contributed by atoms with Gasteiger partial charge in [0.05, 0.1) is 24.5 Å². The summed E-state index contributed by atoms with van der Waals surface area (Å²) in [5.41, 5.74) is 2.98. The van der Waals surface area contributed by atoms with Gasteiger partial charge >= 0.3 is 0 Å². The van der Waals surface area contributed by atoms with Crippen LogP contribution in [-0.2, 0) is 4.74 Å². The van der Waals surface area contributed by atoms with Crippen LogP contribution in [0.25, 0.3) is 0 Å². The minimum atomic E-state index is 0.749. The Labute approximate surface area is 89.9 Å². The summed E-state index contributed by atoms with van der Waals surface area (Å²) >= 11 is 0. The first kappa shape index (κ1) is 10.0. The molecule has 2 rings (SSSR count). The van der Waals surface area contributed by atoms with Crippen LogP contribution in [-0.4, -0.2) is 26.3 Å². The van der Waals surface area contributed by atoms with Crippen molar-refractivity contribution in [2.45, 2.75) is 6.92 Å². The van der Waals surface area contributed by atoms with Gasteiger partial charge in [-0.25, -0.2) is 0 Å². The molecule has 3 heteroatoms. The van der Waals surface area contributed by atoms with Crippen LogP contribution in [0.2, 0.25) is 0 Å². The first-order valence-electron chi connectivity index (χ1n) is 5.15. The highest BCUT2D eigenvalue weighted by molar-refractivity contribution is 5.60. The summed E-state index contributed by atoms with van der Waals surface area (Å²) < 4.78 is 5.30. The van der Waals surface area contributed by atoms with Gasteiger partial charge in [-0.3, -0.25) is 0 Å². The molecule has 1 aliphatic heterocycles. The van der Waals surface area contributed by atoms with Crippen LogP contribution in [0, 0.1) is 18.3 Å². The first-order valence-corrected chi connectivity index (χ1v) is 5.15. The maximum absolute atomic E-state index is 9.03. The second-order valence-electron chi connectivity index (χ2n) is 3.73. The largest absolute Gasteiger partial charge is 0.378 e. The highest BCUT2D eigenvalue weighted by Gasteiger charge is 2.14. The van der Waals surface area contributed by atoms with Crippen molar-refractivity contribution in [2.75, 3.05) is 31.2 Å². The molecule has 3 nitrogen and oxygen atoms in total. The van der Waals surface area contributed by atoms with Crippen molar-refractivity contribution in [1.82, 2.24) is 0 Å². The van der Waals surface area contributed by atoms with E-state index in [4.69, 9.17) is 10.00 Å². The zero-order chi connectivity index (χ0) is 10.7. The van der Waals surface area contributed by atoms with Crippen molar-refractivity contribution in [3.63, 3.8) is 0 Å². The molecule has 0 unspecified atom stereocenters. The normalized spacial score (nSPS) is 16.1. The number of rotatable bonds is 1. The van der Waals surface area contributed by atoms with Crippen molar-refractivity contribution < 1.29 is 4.74 Å². The van der Waals surface area contributed by atoms with E-state index in [-0.39, 0.29) is 0 Å². The molecule has 0 aromatic heterocycles. The molecule has 1 aliphatic rings. The Kier molecular flexibility index (Phi) is 2.89. The number of aryl methyl sites for hydroxylation is 1. The summed E-state index contributed by atoms with van der Waals surface area (Å²) in [6.07, 6.45) is 0. The zero-order valence-corrected chi connectivity index (χ0v) is 8.86. The number of nitriles is 1. The molecule has 0 spiro atoms. The molecule has 1 heterocycles. The van der Waals surface area contributed by atoms with Crippen LogP contribution in [0.4, 0.5) is 5.69 Å². The number of nitrogens with zero attached hydrogens (tertiary/aromatic N) is 2. The Morgan fingerprint density at radius 2 is 2.07 bits per heavy atom. The van der Waals surface area contributed by atoms with Gasteiger partial charge in [0.25, 0.3) is 0 Å². The van der Waals surface area contributed by atoms with E-state index in [1.165, 1.54) is 5.56 Å². The zero-order valence-electron chi connectivity index (χ0n) is 8.86. The summed E-state index contributed by atoms with van der Waals surface area (Å²) in [7, 11) is 0. The molecule has 15 heavy (non-hydrogen) atoms. The van der Waals surface area contributed by atoms with Crippen molar-refractivity contribution in [2.24, 2.45) is 0 Å². The lowest BCUT2D eigenvalue weighted by molar-refractivity contribution is 0.122. The standard InChI is InChI=1S/C12H14N2O/c1-10-2-3-11(9-13)12(8-10)14-4-6-15-7-5-14/h2-3,8H,4-7H2,1H3. The maximum Gasteiger partial charge on any atom is 0.101 e. The lowest BCUT2D eigenvalue weighted by Gasteiger charge is -2.29. The number of hydrogen-bond acceptors (Lipinski definition) is 3. The number of morpholine rings is 1. The SMILES string of the molecule is Cc1ccc(C#N)c(N2CCOCC2)c1. The molecule has 0 radical (unpaired) electrons. The van der Waals surface area contributed by atoms with Gasteiger partial charge < -0.3 is 9.64 Å². The molecule has 1 fully saturated rings. The summed E-state index contributed by atoms with van der Waals surface area (Å²) in [5, 5.41) is 9.03. The third-order valence-electron chi connectivity index (χ3n) is 2.63. The van der Waals surface area contributed by atoms with Crippen LogP contribution in [0.3, 0.4) is 0 Å². The van der Waals surface area contributed by atoms with E-state index in [0.29, 0.717) is 0 Å². The highest BCUT2D eigenvalue weighted by Crippen LogP contribution is 2.22. The maximum atomic E-state index is 9.03. The van der Waals surface area contributed by atoms with E-state index >= 15 is 0 Å². The van der Waals surface area contributed by atoms with Crippen LogP contribution in [0.1, 0.15) is 11.1 Å². The van der Waals surface area contributed by atoms with E-state index in [9.17, 15) is 0 Å². The molecular formula is C12H14N2O. The molecule has 1 aromatic rings. The second kappa shape index (κ2) is 4.33. The predicted molar refractivity (Wildman–Crippen MR) is 58.9 cm³/mol. The third-order valence-corrected chi connectivity index (χ3v) is 2.63. The monoisotopic (exact) mass is 202 g/mol. The Morgan fingerprint density at radius 1 is 1.33 bits per heavy atom. The first-order chi connectivity index (χ1) is 7.31. The van der Waals surface area contributed by atoms with Crippen LogP contribution in [0.5, 0.6) is 0 Å². The summed E-state index contributed by atoms with van der Waals surface area (Å²) in [6, 6.07) is 8.17. The summed E-state index contributed by atoms with van der Waals surface area (Å²) in [6.45, 7) is 5.29. The van der Waals surface area contributed by atoms with Gasteiger partial charge in [-0.05, 0) is 24.6 Å². The fourth-order valence-electron chi connectivity index (χ4n) is 1.80. The van der Waals surface area contributed by atoms with E-state index < -0.39 is 0 Å². The highest BCUT2D eigenvalue weighted by atomic mass is 16.5. The molecule has 1 saturated heterocycles. The van der Waals surface area contributed by atoms with Crippen molar-refractivity contribution in [3.8, 4) is 6.07 Å². The van der Waals surface area contributed by atoms with Gasteiger partial charge in [-0.1, -0.05) is 6.07 Å². The molecule has 0 saturated carbocycles. The number of ether oxygens (including phenoxy) is 1. The van der Waals surface area contributed by atoms with Crippen LogP contribution in [0.15, 0.2) is 18.2 Å². The lowest BCUT2D eigenvalue weighted by atomic mass is 10.1. The molecule has 0 N–H and O–H groups in total. The number of benzene rings is 1. The van der Waals surface area contributed by atoms with Crippen molar-refractivity contribution in [3.05, 3.63) is 29.3 Å². The van der Waals surface area contributed by atoms with E-state index in [0.717, 1.165) is 37.6 Å². The molecule has 0 amide bonds. The second-order valence-corrected chi connectivity index (χ2v) is 3.73. The fraction of sp³-hybridized carbons (Fsp3) is 0.417. The minimum Gasteiger partial charge on any atom is -0.378 e. The van der Waals surface area contributed by atoms with Gasteiger partial charge in [0, 0.05) is 13.1 Å². The van der Waals surface area contributed by atoms with Gasteiger partial charge in [0.15, 0.2) is 0 Å². The number of anilines is 1. The Hall–Kier alpha value is -1.53. The Balaban J connectivity index is 2.32. The van der Waals surface area contributed by atoms with Gasteiger partial charge in [-0.15, -0.1) is 0 Å². The Morgan fingerprint density at radius 3 is 2.73 bits per heavy atom. The molecule has 78 valence electrons. The van der Waals surface area contributed by atoms with Gasteiger partial charge in [0.2, 0.25) is 0 Å². The molecule has 0 atom stereocenters. The minimum absolute atomic E-state index is 0.749. The van der Waals surface area contributed by atoms with Crippen molar-refractivity contribution in [1.29, 1.82) is 5.26 Å². The third kappa shape index (κ3) is 2.11. The van der Waals surface area contributed by atoms with Gasteiger partial charge in [-0.2, -0.15) is 5.26 Å². The average molecular weight is 202 g/mol. The molecule has 0 bridgehead atoms. The smallest absolute Gasteiger partial charge is 0.101 e. The average Bonchev–Trinajstić information content (AvgIpc) is 2.30. The van der Waals surface area contributed by atoms with E-state index in [2.05, 4.69) is 17.0 Å². The number of hydrogen-bond donors (Lipinski definition) is 0. The topological polar surface area (TPSA) is 36.3 Å².